The van der Waals surface area contributed by atoms with Crippen LogP contribution < -0.4 is 5.32 Å². The molecule has 0 heterocycles. The predicted molar refractivity (Wildman–Crippen MR) is 88.3 cm³/mol. The second-order valence-electron chi connectivity index (χ2n) is 5.78. The van der Waals surface area contributed by atoms with Gasteiger partial charge in [-0.25, -0.2) is 4.79 Å². The summed E-state index contributed by atoms with van der Waals surface area (Å²) in [7, 11) is 0. The third-order valence-corrected chi connectivity index (χ3v) is 4.39. The fraction of sp³-hybridized carbons (Fsp3) is 0.556. The van der Waals surface area contributed by atoms with E-state index in [-0.39, 0.29) is 12.5 Å². The van der Waals surface area contributed by atoms with Gasteiger partial charge >= 0.3 is 5.97 Å². The van der Waals surface area contributed by atoms with Crippen molar-refractivity contribution in [2.45, 2.75) is 54.4 Å². The number of unbranched alkanes of at least 4 members (excludes halogenated alkanes) is 1. The lowest BCUT2D eigenvalue weighted by Gasteiger charge is -2.17. The highest BCUT2D eigenvalue weighted by atomic mass is 16.5. The molecule has 0 radical (unpaired) electrons. The van der Waals surface area contributed by atoms with Gasteiger partial charge in [-0.05, 0) is 68.9 Å². The number of benzene rings is 1. The molecule has 0 bridgehead atoms. The molecule has 1 N–H and O–H groups in total. The maximum atomic E-state index is 12.3. The molecule has 4 heteroatoms. The van der Waals surface area contributed by atoms with Crippen LogP contribution in [0.3, 0.4) is 0 Å². The molecular weight excluding hydrogens is 278 g/mol. The van der Waals surface area contributed by atoms with Crippen LogP contribution in [0.5, 0.6) is 0 Å². The van der Waals surface area contributed by atoms with E-state index in [2.05, 4.69) is 19.2 Å². The van der Waals surface area contributed by atoms with Crippen LogP contribution in [0, 0.1) is 34.6 Å². The van der Waals surface area contributed by atoms with Gasteiger partial charge < -0.3 is 10.1 Å². The number of hydrogen-bond acceptors (Lipinski definition) is 3. The maximum Gasteiger partial charge on any atom is 0.339 e. The van der Waals surface area contributed by atoms with Gasteiger partial charge in [0.05, 0.1) is 5.56 Å². The third kappa shape index (κ3) is 4.09. The molecule has 0 unspecified atom stereocenters. The van der Waals surface area contributed by atoms with Crippen LogP contribution in [0.25, 0.3) is 0 Å². The van der Waals surface area contributed by atoms with Crippen molar-refractivity contribution < 1.29 is 14.3 Å². The van der Waals surface area contributed by atoms with Crippen molar-refractivity contribution >= 4 is 11.9 Å². The van der Waals surface area contributed by atoms with Crippen molar-refractivity contribution in [3.8, 4) is 0 Å². The van der Waals surface area contributed by atoms with Crippen molar-refractivity contribution in [3.05, 3.63) is 33.4 Å². The summed E-state index contributed by atoms with van der Waals surface area (Å²) in [5.74, 6) is -0.676. The molecule has 22 heavy (non-hydrogen) atoms. The molecule has 4 nitrogen and oxygen atoms in total. The van der Waals surface area contributed by atoms with Gasteiger partial charge in [-0.2, -0.15) is 0 Å². The lowest BCUT2D eigenvalue weighted by Crippen LogP contribution is -2.29. The van der Waals surface area contributed by atoms with Gasteiger partial charge in [0.15, 0.2) is 6.61 Å². The smallest absolute Gasteiger partial charge is 0.339 e. The van der Waals surface area contributed by atoms with E-state index < -0.39 is 5.97 Å². The van der Waals surface area contributed by atoms with E-state index in [4.69, 9.17) is 4.74 Å². The average Bonchev–Trinajstić information content (AvgIpc) is 2.49. The Morgan fingerprint density at radius 2 is 1.41 bits per heavy atom. The summed E-state index contributed by atoms with van der Waals surface area (Å²) in [5, 5.41) is 2.74. The molecular formula is C18H27NO3. The van der Waals surface area contributed by atoms with Crippen molar-refractivity contribution in [2.75, 3.05) is 13.2 Å². The number of ether oxygens (including phenoxy) is 1. The minimum atomic E-state index is -0.424. The van der Waals surface area contributed by atoms with Gasteiger partial charge in [0, 0.05) is 6.54 Å². The Morgan fingerprint density at radius 1 is 0.909 bits per heavy atom. The molecule has 0 atom stereocenters. The second kappa shape index (κ2) is 7.97. The molecule has 1 rings (SSSR count). The van der Waals surface area contributed by atoms with Crippen LogP contribution in [0.15, 0.2) is 0 Å². The highest BCUT2D eigenvalue weighted by Gasteiger charge is 2.20. The highest BCUT2D eigenvalue weighted by molar-refractivity contribution is 5.95. The molecule has 0 aliphatic heterocycles. The first-order chi connectivity index (χ1) is 10.3. The Labute approximate surface area is 133 Å². The fourth-order valence-electron chi connectivity index (χ4n) is 2.47. The zero-order valence-corrected chi connectivity index (χ0v) is 14.6. The van der Waals surface area contributed by atoms with E-state index in [0.29, 0.717) is 12.1 Å². The van der Waals surface area contributed by atoms with E-state index in [1.807, 2.05) is 27.7 Å². The topological polar surface area (TPSA) is 55.4 Å². The molecule has 1 amide bonds. The Kier molecular flexibility index (Phi) is 6.60. The van der Waals surface area contributed by atoms with Crippen LogP contribution in [-0.2, 0) is 9.53 Å². The molecule has 0 aromatic heterocycles. The van der Waals surface area contributed by atoms with Gasteiger partial charge in [-0.15, -0.1) is 0 Å². The minimum Gasteiger partial charge on any atom is -0.452 e. The number of hydrogen-bond donors (Lipinski definition) is 1. The molecule has 0 saturated heterocycles. The number of rotatable bonds is 6. The summed E-state index contributed by atoms with van der Waals surface area (Å²) < 4.78 is 5.18. The zero-order chi connectivity index (χ0) is 16.9. The lowest BCUT2D eigenvalue weighted by molar-refractivity contribution is -0.124. The Bertz CT molecular complexity index is 547. The number of amides is 1. The van der Waals surface area contributed by atoms with Gasteiger partial charge in [0.25, 0.3) is 5.91 Å². The first kappa shape index (κ1) is 18.2. The van der Waals surface area contributed by atoms with E-state index in [1.54, 1.807) is 0 Å². The first-order valence-electron chi connectivity index (χ1n) is 7.82. The summed E-state index contributed by atoms with van der Waals surface area (Å²) in [6.07, 6.45) is 1.94. The van der Waals surface area contributed by atoms with Crippen LogP contribution in [-0.4, -0.2) is 25.0 Å². The monoisotopic (exact) mass is 305 g/mol. The Balaban J connectivity index is 2.81. The van der Waals surface area contributed by atoms with Gasteiger partial charge in [0.2, 0.25) is 0 Å². The molecule has 1 aromatic rings. The van der Waals surface area contributed by atoms with Crippen molar-refractivity contribution in [1.29, 1.82) is 0 Å². The van der Waals surface area contributed by atoms with E-state index in [1.165, 1.54) is 5.56 Å². The Morgan fingerprint density at radius 3 is 1.91 bits per heavy atom. The van der Waals surface area contributed by atoms with Crippen LogP contribution in [0.2, 0.25) is 0 Å². The summed E-state index contributed by atoms with van der Waals surface area (Å²) >= 11 is 0. The van der Waals surface area contributed by atoms with Gasteiger partial charge in [-0.3, -0.25) is 4.79 Å². The highest BCUT2D eigenvalue weighted by Crippen LogP contribution is 2.26. The molecule has 0 aliphatic carbocycles. The maximum absolute atomic E-state index is 12.3. The summed E-state index contributed by atoms with van der Waals surface area (Å²) in [6, 6.07) is 0. The number of carbonyl (C=O) groups is 2. The minimum absolute atomic E-state index is 0.229. The molecule has 0 fully saturated rings. The number of esters is 1. The number of carbonyl (C=O) groups excluding carboxylic acids is 2. The lowest BCUT2D eigenvalue weighted by atomic mass is 9.90. The van der Waals surface area contributed by atoms with Crippen LogP contribution >= 0.6 is 0 Å². The first-order valence-corrected chi connectivity index (χ1v) is 7.82. The molecule has 0 spiro atoms. The van der Waals surface area contributed by atoms with Crippen LogP contribution in [0.1, 0.15) is 57.9 Å². The largest absolute Gasteiger partial charge is 0.452 e. The van der Waals surface area contributed by atoms with Gasteiger partial charge in [0.1, 0.15) is 0 Å². The van der Waals surface area contributed by atoms with Crippen molar-refractivity contribution in [1.82, 2.24) is 5.32 Å². The molecule has 1 aromatic carbocycles. The van der Waals surface area contributed by atoms with Crippen molar-refractivity contribution in [3.63, 3.8) is 0 Å². The molecule has 0 saturated carbocycles. The summed E-state index contributed by atoms with van der Waals surface area (Å²) in [6.45, 7) is 12.4. The third-order valence-electron chi connectivity index (χ3n) is 4.39. The van der Waals surface area contributed by atoms with E-state index in [0.717, 1.165) is 35.1 Å². The molecule has 122 valence electrons. The van der Waals surface area contributed by atoms with E-state index >= 15 is 0 Å². The second-order valence-corrected chi connectivity index (χ2v) is 5.78. The quantitative estimate of drug-likeness (QED) is 0.648. The average molecular weight is 305 g/mol. The van der Waals surface area contributed by atoms with Crippen molar-refractivity contribution in [2.24, 2.45) is 0 Å². The fourth-order valence-corrected chi connectivity index (χ4v) is 2.47. The summed E-state index contributed by atoms with van der Waals surface area (Å²) in [5.41, 5.74) is 5.84. The SMILES string of the molecule is CCCCNC(=O)COC(=O)c1c(C)c(C)c(C)c(C)c1C. The summed E-state index contributed by atoms with van der Waals surface area (Å²) in [4.78, 5) is 24.0. The van der Waals surface area contributed by atoms with Gasteiger partial charge in [-0.1, -0.05) is 13.3 Å². The standard InChI is InChI=1S/C18H27NO3/c1-7-8-9-19-16(20)10-22-18(21)17-14(5)12(3)11(2)13(4)15(17)6/h7-10H2,1-6H3,(H,19,20). The number of nitrogens with one attached hydrogen (secondary N) is 1. The zero-order valence-electron chi connectivity index (χ0n) is 14.6. The predicted octanol–water partition coefficient (Wildman–Crippen LogP) is 3.30. The normalized spacial score (nSPS) is 10.5. The molecule has 0 aliphatic rings. The van der Waals surface area contributed by atoms with Crippen LogP contribution in [0.4, 0.5) is 0 Å². The van der Waals surface area contributed by atoms with E-state index in [9.17, 15) is 9.59 Å². The Hall–Kier alpha value is -1.84.